The van der Waals surface area contributed by atoms with Crippen molar-refractivity contribution in [3.63, 3.8) is 0 Å². The average molecular weight is 341 g/mol. The van der Waals surface area contributed by atoms with Gasteiger partial charge in [-0.25, -0.2) is 4.79 Å². The topological polar surface area (TPSA) is 72.0 Å². The van der Waals surface area contributed by atoms with E-state index in [9.17, 15) is 4.79 Å². The van der Waals surface area contributed by atoms with Gasteiger partial charge < -0.3 is 20.1 Å². The Labute approximate surface area is 147 Å². The molecule has 0 spiro atoms. The number of para-hydroxylation sites is 1. The lowest BCUT2D eigenvalue weighted by molar-refractivity contribution is 0.0600. The van der Waals surface area contributed by atoms with Crippen molar-refractivity contribution in [3.8, 4) is 5.75 Å². The first-order chi connectivity index (χ1) is 12.2. The van der Waals surface area contributed by atoms with Crippen molar-refractivity contribution >= 4 is 11.9 Å². The minimum atomic E-state index is -0.338. The third kappa shape index (κ3) is 6.18. The molecule has 2 aromatic rings. The van der Waals surface area contributed by atoms with Crippen molar-refractivity contribution < 1.29 is 14.3 Å². The van der Waals surface area contributed by atoms with Crippen LogP contribution in [0.1, 0.15) is 15.9 Å². The van der Waals surface area contributed by atoms with E-state index >= 15 is 0 Å². The molecule has 0 heterocycles. The molecular formula is C19H23N3O3. The highest BCUT2D eigenvalue weighted by molar-refractivity contribution is 5.89. The molecule has 0 aliphatic carbocycles. The van der Waals surface area contributed by atoms with Gasteiger partial charge in [-0.3, -0.25) is 4.99 Å². The van der Waals surface area contributed by atoms with Crippen molar-refractivity contribution in [3.05, 3.63) is 65.7 Å². The second-order valence-electron chi connectivity index (χ2n) is 5.20. The fourth-order valence-electron chi connectivity index (χ4n) is 2.14. The molecule has 0 saturated carbocycles. The first kappa shape index (κ1) is 18.3. The van der Waals surface area contributed by atoms with E-state index in [1.807, 2.05) is 42.5 Å². The van der Waals surface area contributed by atoms with Crippen molar-refractivity contribution in [2.75, 3.05) is 27.3 Å². The van der Waals surface area contributed by atoms with E-state index in [1.54, 1.807) is 19.2 Å². The standard InChI is InChI=1S/C19H23N3O3/c1-20-19(21-12-13-25-17-6-4-3-5-7-17)22-14-15-8-10-16(11-9-15)18(23)24-2/h3-11H,12-14H2,1-2H3,(H2,20,21,22). The number of nitrogens with zero attached hydrogens (tertiary/aromatic N) is 1. The maximum atomic E-state index is 11.4. The van der Waals surface area contributed by atoms with Gasteiger partial charge in [0, 0.05) is 13.6 Å². The Bertz CT molecular complexity index is 685. The maximum Gasteiger partial charge on any atom is 0.337 e. The normalized spacial score (nSPS) is 10.9. The van der Waals surface area contributed by atoms with Gasteiger partial charge in [0.15, 0.2) is 5.96 Å². The number of carbonyl (C=O) groups excluding carboxylic acids is 1. The number of carbonyl (C=O) groups is 1. The molecule has 0 atom stereocenters. The quantitative estimate of drug-likeness (QED) is 0.350. The Balaban J connectivity index is 1.72. The number of methoxy groups -OCH3 is 1. The summed E-state index contributed by atoms with van der Waals surface area (Å²) in [6, 6.07) is 16.9. The van der Waals surface area contributed by atoms with Gasteiger partial charge in [0.05, 0.1) is 19.2 Å². The minimum absolute atomic E-state index is 0.338. The number of rotatable bonds is 7. The molecule has 6 nitrogen and oxygen atoms in total. The van der Waals surface area contributed by atoms with E-state index in [2.05, 4.69) is 20.4 Å². The number of esters is 1. The molecule has 6 heteroatoms. The molecule has 2 aromatic carbocycles. The molecule has 0 aromatic heterocycles. The van der Waals surface area contributed by atoms with Crippen LogP contribution in [0, 0.1) is 0 Å². The van der Waals surface area contributed by atoms with E-state index in [0.29, 0.717) is 31.2 Å². The van der Waals surface area contributed by atoms with Gasteiger partial charge in [-0.05, 0) is 29.8 Å². The van der Waals surface area contributed by atoms with Gasteiger partial charge in [-0.2, -0.15) is 0 Å². The number of guanidine groups is 1. The molecule has 2 N–H and O–H groups in total. The molecule has 25 heavy (non-hydrogen) atoms. The van der Waals surface area contributed by atoms with Gasteiger partial charge in [0.1, 0.15) is 12.4 Å². The smallest absolute Gasteiger partial charge is 0.337 e. The Kier molecular flexibility index (Phi) is 7.31. The van der Waals surface area contributed by atoms with Crippen LogP contribution in [0.25, 0.3) is 0 Å². The number of aliphatic imine (C=N–C) groups is 1. The lowest BCUT2D eigenvalue weighted by Gasteiger charge is -2.12. The summed E-state index contributed by atoms with van der Waals surface area (Å²) < 4.78 is 10.3. The zero-order valence-electron chi connectivity index (χ0n) is 14.5. The Hall–Kier alpha value is -3.02. The highest BCUT2D eigenvalue weighted by Crippen LogP contribution is 2.07. The Morgan fingerprint density at radius 1 is 1.04 bits per heavy atom. The zero-order valence-corrected chi connectivity index (χ0v) is 14.5. The van der Waals surface area contributed by atoms with Gasteiger partial charge in [-0.1, -0.05) is 30.3 Å². The molecule has 0 saturated heterocycles. The van der Waals surface area contributed by atoms with Crippen LogP contribution in [-0.2, 0) is 11.3 Å². The lowest BCUT2D eigenvalue weighted by atomic mass is 10.1. The molecular weight excluding hydrogens is 318 g/mol. The van der Waals surface area contributed by atoms with E-state index in [0.717, 1.165) is 11.3 Å². The number of ether oxygens (including phenoxy) is 2. The van der Waals surface area contributed by atoms with Crippen LogP contribution in [0.3, 0.4) is 0 Å². The maximum absolute atomic E-state index is 11.4. The van der Waals surface area contributed by atoms with Gasteiger partial charge >= 0.3 is 5.97 Å². The SMILES string of the molecule is CN=C(NCCOc1ccccc1)NCc1ccc(C(=O)OC)cc1. The summed E-state index contributed by atoms with van der Waals surface area (Å²) in [7, 11) is 3.09. The van der Waals surface area contributed by atoms with Gasteiger partial charge in [0.2, 0.25) is 0 Å². The van der Waals surface area contributed by atoms with Crippen LogP contribution in [0.2, 0.25) is 0 Å². The van der Waals surface area contributed by atoms with Crippen molar-refractivity contribution in [2.45, 2.75) is 6.54 Å². The molecule has 0 aliphatic rings. The zero-order chi connectivity index (χ0) is 17.9. The fourth-order valence-corrected chi connectivity index (χ4v) is 2.14. The monoisotopic (exact) mass is 341 g/mol. The highest BCUT2D eigenvalue weighted by Gasteiger charge is 2.04. The largest absolute Gasteiger partial charge is 0.492 e. The first-order valence-electron chi connectivity index (χ1n) is 8.02. The van der Waals surface area contributed by atoms with Crippen LogP contribution in [0.5, 0.6) is 5.75 Å². The average Bonchev–Trinajstić information content (AvgIpc) is 2.68. The summed E-state index contributed by atoms with van der Waals surface area (Å²) in [4.78, 5) is 15.6. The predicted octanol–water partition coefficient (Wildman–Crippen LogP) is 2.22. The predicted molar refractivity (Wildman–Crippen MR) is 97.9 cm³/mol. The Morgan fingerprint density at radius 3 is 2.40 bits per heavy atom. The number of nitrogens with one attached hydrogen (secondary N) is 2. The van der Waals surface area contributed by atoms with Crippen LogP contribution in [-0.4, -0.2) is 39.2 Å². The van der Waals surface area contributed by atoms with Crippen molar-refractivity contribution in [1.82, 2.24) is 10.6 Å². The second kappa shape index (κ2) is 9.97. The third-order valence-electron chi connectivity index (χ3n) is 3.47. The number of hydrogen-bond acceptors (Lipinski definition) is 4. The molecule has 0 radical (unpaired) electrons. The second-order valence-corrected chi connectivity index (χ2v) is 5.20. The van der Waals surface area contributed by atoms with E-state index < -0.39 is 0 Å². The van der Waals surface area contributed by atoms with E-state index in [1.165, 1.54) is 7.11 Å². The fraction of sp³-hybridized carbons (Fsp3) is 0.263. The molecule has 0 aliphatic heterocycles. The van der Waals surface area contributed by atoms with Crippen LogP contribution in [0.4, 0.5) is 0 Å². The minimum Gasteiger partial charge on any atom is -0.492 e. The summed E-state index contributed by atoms with van der Waals surface area (Å²) >= 11 is 0. The number of benzene rings is 2. The van der Waals surface area contributed by atoms with Crippen LogP contribution in [0.15, 0.2) is 59.6 Å². The molecule has 0 amide bonds. The molecule has 0 bridgehead atoms. The third-order valence-corrected chi connectivity index (χ3v) is 3.47. The molecule has 0 fully saturated rings. The van der Waals surface area contributed by atoms with Crippen molar-refractivity contribution in [2.24, 2.45) is 4.99 Å². The number of hydrogen-bond donors (Lipinski definition) is 2. The van der Waals surface area contributed by atoms with Crippen molar-refractivity contribution in [1.29, 1.82) is 0 Å². The summed E-state index contributed by atoms with van der Waals surface area (Å²) in [5.74, 6) is 1.20. The molecule has 0 unspecified atom stereocenters. The lowest BCUT2D eigenvalue weighted by Crippen LogP contribution is -2.38. The van der Waals surface area contributed by atoms with Crippen LogP contribution < -0.4 is 15.4 Å². The summed E-state index contributed by atoms with van der Waals surface area (Å²) in [6.07, 6.45) is 0. The molecule has 132 valence electrons. The van der Waals surface area contributed by atoms with E-state index in [-0.39, 0.29) is 5.97 Å². The summed E-state index contributed by atoms with van der Waals surface area (Å²) in [5.41, 5.74) is 1.57. The highest BCUT2D eigenvalue weighted by atomic mass is 16.5. The van der Waals surface area contributed by atoms with Crippen LogP contribution >= 0.6 is 0 Å². The van der Waals surface area contributed by atoms with Gasteiger partial charge in [-0.15, -0.1) is 0 Å². The molecule has 2 rings (SSSR count). The summed E-state index contributed by atoms with van der Waals surface area (Å²) in [5, 5.41) is 6.40. The van der Waals surface area contributed by atoms with Gasteiger partial charge in [0.25, 0.3) is 0 Å². The van der Waals surface area contributed by atoms with E-state index in [4.69, 9.17) is 4.74 Å². The first-order valence-corrected chi connectivity index (χ1v) is 8.02. The summed E-state index contributed by atoms with van der Waals surface area (Å²) in [6.45, 7) is 1.77. The Morgan fingerprint density at radius 2 is 1.76 bits per heavy atom.